The molecule has 1 saturated carbocycles. The Morgan fingerprint density at radius 3 is 2.18 bits per heavy atom. The third kappa shape index (κ3) is 16.4. The molecule has 2 unspecified atom stereocenters. The number of unbranched alkanes of at least 4 members (excludes halogenated alkanes) is 1. The Labute approximate surface area is 244 Å². The van der Waals surface area contributed by atoms with E-state index < -0.39 is 0 Å². The lowest BCUT2D eigenvalue weighted by molar-refractivity contribution is -0.119. The van der Waals surface area contributed by atoms with Crippen molar-refractivity contribution < 1.29 is 9.59 Å². The van der Waals surface area contributed by atoms with E-state index in [1.54, 1.807) is 0 Å². The molecule has 7 heteroatoms. The van der Waals surface area contributed by atoms with Gasteiger partial charge < -0.3 is 16.4 Å². The molecule has 1 aliphatic heterocycles. The van der Waals surface area contributed by atoms with Crippen LogP contribution in [0.5, 0.6) is 0 Å². The van der Waals surface area contributed by atoms with Gasteiger partial charge in [0.1, 0.15) is 5.70 Å². The van der Waals surface area contributed by atoms with Gasteiger partial charge in [0.25, 0.3) is 5.91 Å². The first-order valence-electron chi connectivity index (χ1n) is 15.2. The zero-order chi connectivity index (χ0) is 30.2. The summed E-state index contributed by atoms with van der Waals surface area (Å²) in [5.41, 5.74) is 9.52. The molecular formula is C32H57ClN4O2. The van der Waals surface area contributed by atoms with E-state index in [0.717, 1.165) is 61.9 Å². The van der Waals surface area contributed by atoms with Crippen LogP contribution in [-0.4, -0.2) is 30.1 Å². The van der Waals surface area contributed by atoms with Crippen molar-refractivity contribution in [3.8, 4) is 0 Å². The number of hydrogen-bond donors (Lipinski definition) is 3. The van der Waals surface area contributed by atoms with Crippen LogP contribution in [0.25, 0.3) is 0 Å². The molecule has 224 valence electrons. The number of nitrogens with one attached hydrogen (secondary N) is 2. The van der Waals surface area contributed by atoms with Gasteiger partial charge >= 0.3 is 0 Å². The van der Waals surface area contributed by atoms with Crippen LogP contribution in [0.2, 0.25) is 5.02 Å². The number of carbonyl (C=O) groups is 2. The predicted molar refractivity (Wildman–Crippen MR) is 170 cm³/mol. The van der Waals surface area contributed by atoms with Gasteiger partial charge in [-0.15, -0.1) is 0 Å². The first-order chi connectivity index (χ1) is 18.8. The fraction of sp³-hybridized carbons (Fsp3) is 0.656. The number of aliphatic imine (C=N–C) groups is 1. The molecule has 0 radical (unpaired) electrons. The lowest BCUT2D eigenvalue weighted by Gasteiger charge is -2.13. The van der Waals surface area contributed by atoms with Crippen LogP contribution in [0.1, 0.15) is 119 Å². The Morgan fingerprint density at radius 1 is 1.10 bits per heavy atom. The second-order valence-electron chi connectivity index (χ2n) is 8.95. The average Bonchev–Trinajstić information content (AvgIpc) is 3.61. The van der Waals surface area contributed by atoms with Crippen LogP contribution in [0, 0.1) is 5.92 Å². The number of benzene rings is 1. The molecule has 39 heavy (non-hydrogen) atoms. The summed E-state index contributed by atoms with van der Waals surface area (Å²) in [6.07, 6.45) is 7.97. The molecule has 0 spiro atoms. The maximum absolute atomic E-state index is 12.6. The molecule has 6 nitrogen and oxygen atoms in total. The molecule has 1 aromatic carbocycles. The van der Waals surface area contributed by atoms with E-state index in [2.05, 4.69) is 31.4 Å². The normalized spacial score (nSPS) is 18.5. The van der Waals surface area contributed by atoms with Crippen molar-refractivity contribution in [1.29, 1.82) is 0 Å². The lowest BCUT2D eigenvalue weighted by atomic mass is 10.1. The number of hydrogen-bond acceptors (Lipinski definition) is 4. The first kappa shape index (κ1) is 38.8. The van der Waals surface area contributed by atoms with Gasteiger partial charge in [-0.2, -0.15) is 0 Å². The number of allylic oxidation sites excluding steroid dienone is 1. The SMILES string of the molecule is CC.CC.CC.CCCCC(CC)N=C1CC(C)C/C1=C(/N)C(=O)NCc1ccc(Cl)cc1.O=C1CCCN1. The Hall–Kier alpha value is -2.34. The fourth-order valence-corrected chi connectivity index (χ4v) is 4.12. The van der Waals surface area contributed by atoms with E-state index in [-0.39, 0.29) is 11.8 Å². The van der Waals surface area contributed by atoms with E-state index in [9.17, 15) is 9.59 Å². The minimum Gasteiger partial charge on any atom is -0.394 e. The van der Waals surface area contributed by atoms with Crippen LogP contribution >= 0.6 is 11.6 Å². The average molecular weight is 565 g/mol. The largest absolute Gasteiger partial charge is 0.394 e. The Bertz CT molecular complexity index is 842. The van der Waals surface area contributed by atoms with E-state index in [1.807, 2.05) is 65.8 Å². The summed E-state index contributed by atoms with van der Waals surface area (Å²) >= 11 is 5.90. The third-order valence-electron chi connectivity index (χ3n) is 5.98. The predicted octanol–water partition coefficient (Wildman–Crippen LogP) is 7.98. The quantitative estimate of drug-likeness (QED) is 0.279. The second-order valence-corrected chi connectivity index (χ2v) is 9.38. The summed E-state index contributed by atoms with van der Waals surface area (Å²) in [6.45, 7) is 19.9. The fourth-order valence-electron chi connectivity index (χ4n) is 3.99. The minimum absolute atomic E-state index is 0.204. The second kappa shape index (κ2) is 24.7. The molecule has 1 saturated heterocycles. The smallest absolute Gasteiger partial charge is 0.267 e. The van der Waals surface area contributed by atoms with E-state index in [4.69, 9.17) is 22.3 Å². The standard InChI is InChI=1S/C22H32ClN3O.C4H7NO.3C2H6/c1-4-6-7-18(5-2)26-20-13-15(3)12-19(20)21(24)22(27)25-14-16-8-10-17(23)11-9-16;6-4-2-1-3-5-4;3*1-2/h8-11,15,18H,4-7,12-14,24H2,1-3H3,(H,25,27);1-3H2,(H,5,6);3*1-2H3/b21-19-,26-20?;;;;. The zero-order valence-electron chi connectivity index (χ0n) is 26.3. The molecular weight excluding hydrogens is 508 g/mol. The Kier molecular flexibility index (Phi) is 24.6. The number of carbonyl (C=O) groups excluding carboxylic acids is 2. The number of nitrogens with two attached hydrogens (primary N) is 1. The number of halogens is 1. The van der Waals surface area contributed by atoms with Crippen molar-refractivity contribution in [1.82, 2.24) is 10.6 Å². The first-order valence-corrected chi connectivity index (χ1v) is 15.6. The number of amides is 2. The number of rotatable bonds is 8. The van der Waals surface area contributed by atoms with E-state index in [0.29, 0.717) is 29.2 Å². The lowest BCUT2D eigenvalue weighted by Crippen LogP contribution is -2.30. The van der Waals surface area contributed by atoms with E-state index in [1.165, 1.54) is 12.8 Å². The molecule has 4 N–H and O–H groups in total. The molecule has 2 atom stereocenters. The van der Waals surface area contributed by atoms with Crippen LogP contribution in [0.3, 0.4) is 0 Å². The summed E-state index contributed by atoms with van der Waals surface area (Å²) in [4.78, 5) is 27.7. The summed E-state index contributed by atoms with van der Waals surface area (Å²) in [6, 6.07) is 7.75. The molecule has 2 fully saturated rings. The summed E-state index contributed by atoms with van der Waals surface area (Å²) in [7, 11) is 0. The highest BCUT2D eigenvalue weighted by Crippen LogP contribution is 2.30. The van der Waals surface area contributed by atoms with Gasteiger partial charge in [-0.25, -0.2) is 0 Å². The molecule has 1 aromatic rings. The maximum Gasteiger partial charge on any atom is 0.267 e. The van der Waals surface area contributed by atoms with Crippen molar-refractivity contribution in [3.63, 3.8) is 0 Å². The van der Waals surface area contributed by atoms with Gasteiger partial charge in [0.05, 0.1) is 0 Å². The highest BCUT2D eigenvalue weighted by molar-refractivity contribution is 6.30. The highest BCUT2D eigenvalue weighted by Gasteiger charge is 2.27. The van der Waals surface area contributed by atoms with Crippen molar-refractivity contribution in [2.45, 2.75) is 126 Å². The number of nitrogens with zero attached hydrogens (tertiary/aromatic N) is 1. The Balaban J connectivity index is 0. The van der Waals surface area contributed by atoms with Gasteiger partial charge in [0.15, 0.2) is 0 Å². The van der Waals surface area contributed by atoms with Crippen molar-refractivity contribution >= 4 is 29.1 Å². The molecule has 0 bridgehead atoms. The molecule has 3 rings (SSSR count). The van der Waals surface area contributed by atoms with Gasteiger partial charge in [0, 0.05) is 41.9 Å². The van der Waals surface area contributed by atoms with Crippen LogP contribution in [-0.2, 0) is 16.1 Å². The minimum atomic E-state index is -0.219. The molecule has 0 aromatic heterocycles. The van der Waals surface area contributed by atoms with Crippen molar-refractivity contribution in [2.75, 3.05) is 6.54 Å². The third-order valence-corrected chi connectivity index (χ3v) is 6.23. The topological polar surface area (TPSA) is 96.6 Å². The van der Waals surface area contributed by atoms with Gasteiger partial charge in [-0.1, -0.05) is 98.9 Å². The summed E-state index contributed by atoms with van der Waals surface area (Å²) in [5, 5.41) is 6.27. The highest BCUT2D eigenvalue weighted by atomic mass is 35.5. The van der Waals surface area contributed by atoms with Gasteiger partial charge in [-0.3, -0.25) is 14.6 Å². The zero-order valence-corrected chi connectivity index (χ0v) is 27.0. The van der Waals surface area contributed by atoms with Crippen LogP contribution in [0.4, 0.5) is 0 Å². The summed E-state index contributed by atoms with van der Waals surface area (Å²) < 4.78 is 0. The van der Waals surface area contributed by atoms with Crippen molar-refractivity contribution in [2.24, 2.45) is 16.6 Å². The van der Waals surface area contributed by atoms with Crippen LogP contribution in [0.15, 0.2) is 40.5 Å². The molecule has 1 heterocycles. The van der Waals surface area contributed by atoms with Crippen molar-refractivity contribution in [3.05, 3.63) is 46.1 Å². The van der Waals surface area contributed by atoms with Gasteiger partial charge in [-0.05, 0) is 55.7 Å². The monoisotopic (exact) mass is 564 g/mol. The van der Waals surface area contributed by atoms with Crippen LogP contribution < -0.4 is 16.4 Å². The molecule has 2 amide bonds. The molecule has 1 aliphatic carbocycles. The Morgan fingerprint density at radius 2 is 1.72 bits per heavy atom. The van der Waals surface area contributed by atoms with E-state index >= 15 is 0 Å². The van der Waals surface area contributed by atoms with Gasteiger partial charge in [0.2, 0.25) is 5.91 Å². The summed E-state index contributed by atoms with van der Waals surface area (Å²) in [5.74, 6) is 0.461. The molecule has 2 aliphatic rings. The maximum atomic E-state index is 12.6.